The number of rotatable bonds is 8. The maximum atomic E-state index is 12.4. The number of aliphatic carboxylic acids is 1. The molecule has 1 aromatic carbocycles. The number of carbonyl (C=O) groups excluding carboxylic acids is 1. The Bertz CT molecular complexity index is 683. The number of alkyl halides is 2. The number of carbonyl (C=O) groups is 2. The van der Waals surface area contributed by atoms with E-state index in [0.717, 1.165) is 31.2 Å². The van der Waals surface area contributed by atoms with Crippen molar-refractivity contribution in [1.82, 2.24) is 10.2 Å². The number of carboxylic acid groups (broad SMARTS) is 1. The molecule has 2 aliphatic rings. The first kappa shape index (κ1) is 20.5. The molecular weight excluding hydrogens is 370 g/mol. The third kappa shape index (κ3) is 5.19. The summed E-state index contributed by atoms with van der Waals surface area (Å²) in [6.45, 7) is -2.36. The molecule has 1 amide bonds. The minimum absolute atomic E-state index is 0.0959. The summed E-state index contributed by atoms with van der Waals surface area (Å²) in [5.74, 6) is -0.571. The largest absolute Gasteiger partial charge is 0.480 e. The summed E-state index contributed by atoms with van der Waals surface area (Å²) < 4.78 is 28.6. The van der Waals surface area contributed by atoms with Crippen molar-refractivity contribution < 1.29 is 28.2 Å². The van der Waals surface area contributed by atoms with E-state index < -0.39 is 18.6 Å². The van der Waals surface area contributed by atoms with Gasteiger partial charge in [0.25, 0.3) is 0 Å². The molecule has 1 saturated heterocycles. The molecule has 1 heterocycles. The van der Waals surface area contributed by atoms with Crippen molar-refractivity contribution in [3.05, 3.63) is 29.8 Å². The highest BCUT2D eigenvalue weighted by Crippen LogP contribution is 2.39. The third-order valence-corrected chi connectivity index (χ3v) is 5.72. The minimum atomic E-state index is -2.85. The fourth-order valence-electron chi connectivity index (χ4n) is 4.43. The molecule has 3 unspecified atom stereocenters. The Morgan fingerprint density at radius 1 is 1.21 bits per heavy atom. The predicted molar refractivity (Wildman–Crippen MR) is 98.3 cm³/mol. The summed E-state index contributed by atoms with van der Waals surface area (Å²) in [5, 5.41) is 12.3. The maximum Gasteiger partial charge on any atom is 0.387 e. The molecule has 0 bridgehead atoms. The minimum Gasteiger partial charge on any atom is -0.480 e. The number of nitrogens with zero attached hydrogens (tertiary/aromatic N) is 1. The fraction of sp³-hybridized carbons (Fsp3) is 0.600. The van der Waals surface area contributed by atoms with Crippen molar-refractivity contribution in [3.63, 3.8) is 0 Å². The summed E-state index contributed by atoms with van der Waals surface area (Å²) in [4.78, 5) is 25.8. The van der Waals surface area contributed by atoms with Gasteiger partial charge in [-0.3, -0.25) is 14.5 Å². The molecule has 1 aromatic rings. The lowest BCUT2D eigenvalue weighted by molar-refractivity contribution is -0.143. The molecule has 1 saturated carbocycles. The Morgan fingerprint density at radius 3 is 2.61 bits per heavy atom. The van der Waals surface area contributed by atoms with Crippen molar-refractivity contribution in [1.29, 1.82) is 0 Å². The van der Waals surface area contributed by atoms with Crippen LogP contribution in [0, 0.1) is 5.92 Å². The molecule has 28 heavy (non-hydrogen) atoms. The van der Waals surface area contributed by atoms with Crippen LogP contribution in [0.5, 0.6) is 5.75 Å². The van der Waals surface area contributed by atoms with Gasteiger partial charge in [-0.2, -0.15) is 8.78 Å². The standard InChI is InChI=1S/C20H26F2N2O4/c21-20(22)28-15-7-5-13(6-8-15)9-10-23-18(25)12-24-16-4-2-1-3-14(16)11-17(24)19(26)27/h5-8,14,16-17,20H,1-4,9-12H2,(H,23,25)(H,26,27). The number of benzene rings is 1. The second kappa shape index (κ2) is 9.32. The van der Waals surface area contributed by atoms with E-state index in [9.17, 15) is 23.5 Å². The van der Waals surface area contributed by atoms with E-state index in [1.54, 1.807) is 12.1 Å². The molecule has 8 heteroatoms. The highest BCUT2D eigenvalue weighted by atomic mass is 19.3. The molecule has 1 aliphatic carbocycles. The molecule has 1 aliphatic heterocycles. The zero-order chi connectivity index (χ0) is 20.1. The Labute approximate surface area is 162 Å². The molecule has 0 radical (unpaired) electrons. The number of amides is 1. The first-order chi connectivity index (χ1) is 13.4. The Morgan fingerprint density at radius 2 is 1.93 bits per heavy atom. The van der Waals surface area contributed by atoms with Gasteiger partial charge in [-0.15, -0.1) is 0 Å². The van der Waals surface area contributed by atoms with Crippen molar-refractivity contribution >= 4 is 11.9 Å². The van der Waals surface area contributed by atoms with Crippen LogP contribution in [-0.2, 0) is 16.0 Å². The lowest BCUT2D eigenvalue weighted by Gasteiger charge is -2.32. The van der Waals surface area contributed by atoms with Gasteiger partial charge in [-0.05, 0) is 49.3 Å². The number of hydrogen-bond donors (Lipinski definition) is 2. The molecule has 6 nitrogen and oxygen atoms in total. The van der Waals surface area contributed by atoms with Crippen LogP contribution in [0.4, 0.5) is 8.78 Å². The van der Waals surface area contributed by atoms with Crippen LogP contribution in [-0.4, -0.2) is 53.7 Å². The summed E-state index contributed by atoms with van der Waals surface area (Å²) in [6.07, 6.45) is 5.38. The normalized spacial score (nSPS) is 24.8. The number of likely N-dealkylation sites (tertiary alicyclic amines) is 1. The van der Waals surface area contributed by atoms with Gasteiger partial charge in [0, 0.05) is 12.6 Å². The summed E-state index contributed by atoms with van der Waals surface area (Å²) >= 11 is 0. The number of halogens is 2. The topological polar surface area (TPSA) is 78.9 Å². The van der Waals surface area contributed by atoms with E-state index in [0.29, 0.717) is 25.3 Å². The van der Waals surface area contributed by atoms with Crippen molar-refractivity contribution in [2.75, 3.05) is 13.1 Å². The molecular formula is C20H26F2N2O4. The molecule has 154 valence electrons. The van der Waals surface area contributed by atoms with Gasteiger partial charge in [0.15, 0.2) is 0 Å². The second-order valence-electron chi connectivity index (χ2n) is 7.50. The van der Waals surface area contributed by atoms with Crippen LogP contribution < -0.4 is 10.1 Å². The first-order valence-corrected chi connectivity index (χ1v) is 9.73. The Hall–Kier alpha value is -2.22. The number of hydrogen-bond acceptors (Lipinski definition) is 4. The number of ether oxygens (including phenoxy) is 1. The van der Waals surface area contributed by atoms with Crippen LogP contribution in [0.3, 0.4) is 0 Å². The van der Waals surface area contributed by atoms with E-state index in [1.807, 2.05) is 4.90 Å². The van der Waals surface area contributed by atoms with Gasteiger partial charge in [0.2, 0.25) is 5.91 Å². The molecule has 0 spiro atoms. The van der Waals surface area contributed by atoms with E-state index >= 15 is 0 Å². The highest BCUT2D eigenvalue weighted by molar-refractivity contribution is 5.80. The van der Waals surface area contributed by atoms with E-state index in [-0.39, 0.29) is 24.2 Å². The SMILES string of the molecule is O=C(CN1C(C(=O)O)CC2CCCCC21)NCCc1ccc(OC(F)F)cc1. The first-order valence-electron chi connectivity index (χ1n) is 9.73. The van der Waals surface area contributed by atoms with Gasteiger partial charge in [-0.25, -0.2) is 0 Å². The highest BCUT2D eigenvalue weighted by Gasteiger charge is 2.45. The van der Waals surface area contributed by atoms with Crippen LogP contribution >= 0.6 is 0 Å². The zero-order valence-corrected chi connectivity index (χ0v) is 15.7. The predicted octanol–water partition coefficient (Wildman–Crippen LogP) is 2.66. The van der Waals surface area contributed by atoms with Crippen LogP contribution in [0.25, 0.3) is 0 Å². The van der Waals surface area contributed by atoms with Gasteiger partial charge in [-0.1, -0.05) is 25.0 Å². The van der Waals surface area contributed by atoms with E-state index in [1.165, 1.54) is 12.1 Å². The van der Waals surface area contributed by atoms with Crippen LogP contribution in [0.1, 0.15) is 37.7 Å². The number of nitrogens with one attached hydrogen (secondary N) is 1. The molecule has 3 rings (SSSR count). The van der Waals surface area contributed by atoms with Crippen molar-refractivity contribution in [3.8, 4) is 5.75 Å². The van der Waals surface area contributed by atoms with Crippen molar-refractivity contribution in [2.45, 2.75) is 57.2 Å². The van der Waals surface area contributed by atoms with Gasteiger partial charge in [0.1, 0.15) is 11.8 Å². The lowest BCUT2D eigenvalue weighted by atomic mass is 9.85. The quantitative estimate of drug-likeness (QED) is 0.706. The molecule has 2 N–H and O–H groups in total. The van der Waals surface area contributed by atoms with Crippen molar-refractivity contribution in [2.24, 2.45) is 5.92 Å². The lowest BCUT2D eigenvalue weighted by Crippen LogP contribution is -2.47. The smallest absolute Gasteiger partial charge is 0.387 e. The summed E-state index contributed by atoms with van der Waals surface area (Å²) in [5.41, 5.74) is 0.888. The maximum absolute atomic E-state index is 12.4. The van der Waals surface area contributed by atoms with E-state index in [2.05, 4.69) is 10.1 Å². The van der Waals surface area contributed by atoms with Gasteiger partial charge in [0.05, 0.1) is 6.54 Å². The molecule has 0 aromatic heterocycles. The number of fused-ring (bicyclic) bond motifs is 1. The Balaban J connectivity index is 1.47. The van der Waals surface area contributed by atoms with Crippen LogP contribution in [0.15, 0.2) is 24.3 Å². The zero-order valence-electron chi connectivity index (χ0n) is 15.7. The van der Waals surface area contributed by atoms with Crippen LogP contribution in [0.2, 0.25) is 0 Å². The van der Waals surface area contributed by atoms with Gasteiger partial charge < -0.3 is 15.2 Å². The second-order valence-corrected chi connectivity index (χ2v) is 7.50. The van der Waals surface area contributed by atoms with Gasteiger partial charge >= 0.3 is 12.6 Å². The molecule has 2 fully saturated rings. The average molecular weight is 396 g/mol. The average Bonchev–Trinajstić information content (AvgIpc) is 3.02. The van der Waals surface area contributed by atoms with E-state index in [4.69, 9.17) is 0 Å². The summed E-state index contributed by atoms with van der Waals surface area (Å²) in [7, 11) is 0. The Kier molecular flexibility index (Phi) is 6.83. The number of carboxylic acids is 1. The molecule has 3 atom stereocenters. The third-order valence-electron chi connectivity index (χ3n) is 5.72. The fourth-order valence-corrected chi connectivity index (χ4v) is 4.43. The summed E-state index contributed by atoms with van der Waals surface area (Å²) in [6, 6.07) is 5.89. The monoisotopic (exact) mass is 396 g/mol.